The molecule has 2 N–H and O–H groups in total. The molecule has 6 heteroatoms. The molecule has 0 fully saturated rings. The summed E-state index contributed by atoms with van der Waals surface area (Å²) in [6.07, 6.45) is 5.93. The van der Waals surface area contributed by atoms with E-state index in [2.05, 4.69) is 13.2 Å². The second kappa shape index (κ2) is 14.0. The lowest BCUT2D eigenvalue weighted by molar-refractivity contribution is -0.176. The molecule has 0 aliphatic heterocycles. The molecule has 0 bridgehead atoms. The molecule has 0 aromatic rings. The molecule has 0 amide bonds. The van der Waals surface area contributed by atoms with E-state index in [0.717, 1.165) is 0 Å². The van der Waals surface area contributed by atoms with Crippen LogP contribution in [0, 0.1) is 0 Å². The highest BCUT2D eigenvalue weighted by atomic mass is 16.6. The number of aliphatic hydroxyl groups is 2. The van der Waals surface area contributed by atoms with Gasteiger partial charge in [0.2, 0.25) is 0 Å². The molecule has 0 aliphatic rings. The van der Waals surface area contributed by atoms with Crippen molar-refractivity contribution < 1.29 is 29.3 Å². The average molecular weight is 366 g/mol. The van der Waals surface area contributed by atoms with Crippen molar-refractivity contribution in [2.45, 2.75) is 63.9 Å². The highest BCUT2D eigenvalue weighted by Crippen LogP contribution is 2.15. The van der Waals surface area contributed by atoms with Gasteiger partial charge in [-0.1, -0.05) is 43.7 Å². The number of aliphatic hydroxyl groups excluding tert-OH is 2. The third kappa shape index (κ3) is 9.34. The standard InChI is InChI=1S/C20H30O6/c1-5-9-11-14-18(22)25-17(13-10-6-2)20(24)26-16(12-7-3)19(23)15(21)8-4/h5-6,8-9,11,14-17,19,21,23H,2,4,7,10,12-13H2,1,3H3/b9-5+,14-11+/t15-,16+,17-,19-/m1/s1. The van der Waals surface area contributed by atoms with Crippen molar-refractivity contribution in [3.8, 4) is 0 Å². The van der Waals surface area contributed by atoms with Gasteiger partial charge in [0.1, 0.15) is 18.3 Å². The van der Waals surface area contributed by atoms with E-state index in [1.807, 2.05) is 6.92 Å². The molecule has 6 nitrogen and oxygen atoms in total. The number of ether oxygens (including phenoxy) is 2. The summed E-state index contributed by atoms with van der Waals surface area (Å²) < 4.78 is 10.5. The molecule has 26 heavy (non-hydrogen) atoms. The fourth-order valence-electron chi connectivity index (χ4n) is 2.09. The van der Waals surface area contributed by atoms with E-state index >= 15 is 0 Å². The van der Waals surface area contributed by atoms with E-state index in [1.165, 1.54) is 18.2 Å². The average Bonchev–Trinajstić information content (AvgIpc) is 2.63. The van der Waals surface area contributed by atoms with E-state index in [0.29, 0.717) is 19.3 Å². The zero-order valence-corrected chi connectivity index (χ0v) is 15.5. The van der Waals surface area contributed by atoms with Crippen LogP contribution in [0.25, 0.3) is 0 Å². The number of allylic oxidation sites excluding steroid dienone is 4. The summed E-state index contributed by atoms with van der Waals surface area (Å²) in [6, 6.07) is 0. The van der Waals surface area contributed by atoms with Crippen LogP contribution in [0.1, 0.15) is 39.5 Å². The number of esters is 2. The highest BCUT2D eigenvalue weighted by molar-refractivity contribution is 5.85. The molecule has 4 atom stereocenters. The highest BCUT2D eigenvalue weighted by Gasteiger charge is 2.31. The van der Waals surface area contributed by atoms with Crippen molar-refractivity contribution in [2.75, 3.05) is 0 Å². The summed E-state index contributed by atoms with van der Waals surface area (Å²) in [6.45, 7) is 10.7. The Labute approximate surface area is 155 Å². The monoisotopic (exact) mass is 366 g/mol. The third-order valence-corrected chi connectivity index (χ3v) is 3.50. The minimum Gasteiger partial charge on any atom is -0.457 e. The Balaban J connectivity index is 5.09. The normalized spacial score (nSPS) is 16.0. The smallest absolute Gasteiger partial charge is 0.347 e. The summed E-state index contributed by atoms with van der Waals surface area (Å²) in [5, 5.41) is 19.8. The van der Waals surface area contributed by atoms with Crippen LogP contribution in [0.4, 0.5) is 0 Å². The second-order valence-corrected chi connectivity index (χ2v) is 5.66. The molecule has 0 aliphatic carbocycles. The Morgan fingerprint density at radius 1 is 1.12 bits per heavy atom. The number of carbonyl (C=O) groups is 2. The predicted octanol–water partition coefficient (Wildman–Crippen LogP) is 2.62. The Kier molecular flexibility index (Phi) is 12.9. The summed E-state index contributed by atoms with van der Waals surface area (Å²) in [4.78, 5) is 24.2. The fraction of sp³-hybridized carbons (Fsp3) is 0.500. The molecular weight excluding hydrogens is 336 g/mol. The van der Waals surface area contributed by atoms with Crippen LogP contribution in [0.3, 0.4) is 0 Å². The van der Waals surface area contributed by atoms with Crippen LogP contribution in [0.15, 0.2) is 49.6 Å². The molecule has 0 spiro atoms. The van der Waals surface area contributed by atoms with Gasteiger partial charge in [0, 0.05) is 6.08 Å². The van der Waals surface area contributed by atoms with Crippen LogP contribution in [-0.2, 0) is 19.1 Å². The van der Waals surface area contributed by atoms with E-state index in [-0.39, 0.29) is 6.42 Å². The van der Waals surface area contributed by atoms with Gasteiger partial charge in [-0.25, -0.2) is 9.59 Å². The van der Waals surface area contributed by atoms with Gasteiger partial charge in [-0.05, 0) is 26.2 Å². The van der Waals surface area contributed by atoms with Crippen LogP contribution in [0.5, 0.6) is 0 Å². The summed E-state index contributed by atoms with van der Waals surface area (Å²) in [5.41, 5.74) is 0. The number of hydrogen-bond acceptors (Lipinski definition) is 6. The molecule has 0 radical (unpaired) electrons. The molecular formula is C20H30O6. The first-order valence-electron chi connectivity index (χ1n) is 8.71. The molecule has 0 saturated carbocycles. The largest absolute Gasteiger partial charge is 0.457 e. The molecule has 0 aromatic carbocycles. The SMILES string of the molecule is C=CCC[C@@H](OC(=O)/C=C/C=C/C)C(=O)O[C@@H](CCC)[C@H](O)[C@H](O)C=C. The molecule has 0 unspecified atom stereocenters. The maximum Gasteiger partial charge on any atom is 0.347 e. The quantitative estimate of drug-likeness (QED) is 0.225. The minimum absolute atomic E-state index is 0.213. The van der Waals surface area contributed by atoms with Crippen molar-refractivity contribution >= 4 is 11.9 Å². The molecule has 0 rings (SSSR count). The topological polar surface area (TPSA) is 93.1 Å². The van der Waals surface area contributed by atoms with E-state index in [4.69, 9.17) is 9.47 Å². The number of carbonyl (C=O) groups excluding carboxylic acids is 2. The summed E-state index contributed by atoms with van der Waals surface area (Å²) in [5.74, 6) is -1.44. The summed E-state index contributed by atoms with van der Waals surface area (Å²) in [7, 11) is 0. The maximum absolute atomic E-state index is 12.4. The zero-order valence-electron chi connectivity index (χ0n) is 15.5. The van der Waals surface area contributed by atoms with Gasteiger partial charge in [-0.2, -0.15) is 0 Å². The first-order valence-corrected chi connectivity index (χ1v) is 8.71. The fourth-order valence-corrected chi connectivity index (χ4v) is 2.09. The zero-order chi connectivity index (χ0) is 19.9. The molecule has 0 saturated heterocycles. The molecule has 0 aromatic heterocycles. The van der Waals surface area contributed by atoms with Crippen molar-refractivity contribution in [1.82, 2.24) is 0 Å². The van der Waals surface area contributed by atoms with Gasteiger partial charge >= 0.3 is 11.9 Å². The van der Waals surface area contributed by atoms with E-state index < -0.39 is 36.4 Å². The minimum atomic E-state index is -1.30. The number of hydrogen-bond donors (Lipinski definition) is 2. The second-order valence-electron chi connectivity index (χ2n) is 5.66. The van der Waals surface area contributed by atoms with Crippen molar-refractivity contribution in [3.05, 3.63) is 49.6 Å². The Hall–Kier alpha value is -2.18. The predicted molar refractivity (Wildman–Crippen MR) is 100 cm³/mol. The van der Waals surface area contributed by atoms with Gasteiger partial charge in [0.15, 0.2) is 6.10 Å². The first kappa shape index (κ1) is 23.8. The molecule has 0 heterocycles. The van der Waals surface area contributed by atoms with Gasteiger partial charge in [-0.3, -0.25) is 0 Å². The Morgan fingerprint density at radius 2 is 1.81 bits per heavy atom. The lowest BCUT2D eigenvalue weighted by Gasteiger charge is -2.26. The summed E-state index contributed by atoms with van der Waals surface area (Å²) >= 11 is 0. The number of rotatable bonds is 13. The van der Waals surface area contributed by atoms with Crippen LogP contribution in [-0.4, -0.2) is 46.6 Å². The first-order chi connectivity index (χ1) is 12.4. The van der Waals surface area contributed by atoms with Crippen molar-refractivity contribution in [3.63, 3.8) is 0 Å². The maximum atomic E-state index is 12.4. The van der Waals surface area contributed by atoms with Crippen LogP contribution in [0.2, 0.25) is 0 Å². The lowest BCUT2D eigenvalue weighted by Crippen LogP contribution is -2.42. The van der Waals surface area contributed by atoms with Crippen molar-refractivity contribution in [2.24, 2.45) is 0 Å². The lowest BCUT2D eigenvalue weighted by atomic mass is 10.0. The van der Waals surface area contributed by atoms with Gasteiger partial charge < -0.3 is 19.7 Å². The van der Waals surface area contributed by atoms with E-state index in [1.54, 1.807) is 25.2 Å². The third-order valence-electron chi connectivity index (χ3n) is 3.50. The Bertz CT molecular complexity index is 508. The van der Waals surface area contributed by atoms with Gasteiger partial charge in [0.25, 0.3) is 0 Å². The van der Waals surface area contributed by atoms with E-state index in [9.17, 15) is 19.8 Å². The van der Waals surface area contributed by atoms with Gasteiger partial charge in [0.05, 0.1) is 0 Å². The van der Waals surface area contributed by atoms with Crippen LogP contribution < -0.4 is 0 Å². The van der Waals surface area contributed by atoms with Crippen LogP contribution >= 0.6 is 0 Å². The Morgan fingerprint density at radius 3 is 2.35 bits per heavy atom. The van der Waals surface area contributed by atoms with Gasteiger partial charge in [-0.15, -0.1) is 13.2 Å². The van der Waals surface area contributed by atoms with Crippen molar-refractivity contribution in [1.29, 1.82) is 0 Å². The molecule has 146 valence electrons.